The molecule has 130 valence electrons. The molecule has 0 unspecified atom stereocenters. The molecule has 5 nitrogen and oxygen atoms in total. The first-order valence-corrected chi connectivity index (χ1v) is 8.63. The number of hydrogen-bond acceptors (Lipinski definition) is 5. The van der Waals surface area contributed by atoms with Gasteiger partial charge in [-0.15, -0.1) is 0 Å². The van der Waals surface area contributed by atoms with E-state index in [1.807, 2.05) is 48.5 Å². The Labute approximate surface area is 147 Å². The largest absolute Gasteiger partial charge is 0.460 e. The fourth-order valence-electron chi connectivity index (χ4n) is 3.38. The van der Waals surface area contributed by atoms with Crippen molar-refractivity contribution in [2.24, 2.45) is 0 Å². The lowest BCUT2D eigenvalue weighted by atomic mass is 10.1. The van der Waals surface area contributed by atoms with Gasteiger partial charge < -0.3 is 14.2 Å². The van der Waals surface area contributed by atoms with E-state index >= 15 is 0 Å². The van der Waals surface area contributed by atoms with Crippen LogP contribution < -0.4 is 9.47 Å². The minimum atomic E-state index is -0.172. The normalized spacial score (nSPS) is 19.1. The number of carbonyl (C=O) groups excluding carboxylic acids is 1. The molecule has 1 fully saturated rings. The van der Waals surface area contributed by atoms with Crippen LogP contribution in [0.4, 0.5) is 0 Å². The highest BCUT2D eigenvalue weighted by Crippen LogP contribution is 2.33. The molecule has 1 atom stereocenters. The van der Waals surface area contributed by atoms with E-state index in [0.717, 1.165) is 42.0 Å². The van der Waals surface area contributed by atoms with E-state index < -0.39 is 0 Å². The predicted molar refractivity (Wildman–Crippen MR) is 92.2 cm³/mol. The van der Waals surface area contributed by atoms with Gasteiger partial charge in [0.15, 0.2) is 11.5 Å². The van der Waals surface area contributed by atoms with E-state index in [0.29, 0.717) is 13.2 Å². The van der Waals surface area contributed by atoms with Gasteiger partial charge in [-0.25, -0.2) is 0 Å². The van der Waals surface area contributed by atoms with Crippen LogP contribution in [0.15, 0.2) is 48.5 Å². The van der Waals surface area contributed by atoms with Gasteiger partial charge in [-0.3, -0.25) is 9.69 Å². The maximum absolute atomic E-state index is 12.5. The molecule has 5 heteroatoms. The summed E-state index contributed by atoms with van der Waals surface area (Å²) in [7, 11) is 0. The standard InChI is InChI=1S/C20H21NO4/c22-20(23-13-15-5-2-1-3-6-15)17-7-4-10-21(17)12-16-8-9-18-19(11-16)25-14-24-18/h1-3,5-6,8-9,11,17H,4,7,10,12-14H2/t17-/m1/s1. The second kappa shape index (κ2) is 7.15. The molecular weight excluding hydrogens is 318 g/mol. The highest BCUT2D eigenvalue weighted by molar-refractivity contribution is 5.76. The Kier molecular flexibility index (Phi) is 4.57. The first-order chi connectivity index (χ1) is 12.3. The Hall–Kier alpha value is -2.53. The molecule has 0 radical (unpaired) electrons. The van der Waals surface area contributed by atoms with E-state index in [-0.39, 0.29) is 18.8 Å². The minimum Gasteiger partial charge on any atom is -0.460 e. The van der Waals surface area contributed by atoms with Crippen LogP contribution in [-0.2, 0) is 22.7 Å². The Bertz CT molecular complexity index is 747. The van der Waals surface area contributed by atoms with Gasteiger partial charge in [0.1, 0.15) is 12.6 Å². The third kappa shape index (κ3) is 3.61. The number of fused-ring (bicyclic) bond motifs is 1. The molecule has 0 spiro atoms. The predicted octanol–water partition coefficient (Wildman–Crippen LogP) is 3.12. The van der Waals surface area contributed by atoms with Crippen molar-refractivity contribution in [3.05, 3.63) is 59.7 Å². The zero-order chi connectivity index (χ0) is 17.1. The van der Waals surface area contributed by atoms with Gasteiger partial charge in [0.25, 0.3) is 0 Å². The van der Waals surface area contributed by atoms with Crippen LogP contribution in [0.1, 0.15) is 24.0 Å². The SMILES string of the molecule is O=C(OCc1ccccc1)[C@H]1CCCN1Cc1ccc2c(c1)OCO2. The highest BCUT2D eigenvalue weighted by atomic mass is 16.7. The van der Waals surface area contributed by atoms with Gasteiger partial charge in [0.05, 0.1) is 0 Å². The van der Waals surface area contributed by atoms with Crippen molar-refractivity contribution in [1.29, 1.82) is 0 Å². The number of ether oxygens (including phenoxy) is 3. The van der Waals surface area contributed by atoms with Crippen LogP contribution in [0.2, 0.25) is 0 Å². The summed E-state index contributed by atoms with van der Waals surface area (Å²) in [4.78, 5) is 14.7. The van der Waals surface area contributed by atoms with Crippen molar-refractivity contribution < 1.29 is 19.0 Å². The molecule has 0 bridgehead atoms. The summed E-state index contributed by atoms with van der Waals surface area (Å²) in [5.41, 5.74) is 2.13. The van der Waals surface area contributed by atoms with Gasteiger partial charge in [-0.2, -0.15) is 0 Å². The fourth-order valence-corrected chi connectivity index (χ4v) is 3.38. The third-order valence-electron chi connectivity index (χ3n) is 4.68. The lowest BCUT2D eigenvalue weighted by Gasteiger charge is -2.23. The molecule has 0 amide bonds. The summed E-state index contributed by atoms with van der Waals surface area (Å²) >= 11 is 0. The molecule has 0 saturated carbocycles. The molecule has 2 aromatic rings. The molecule has 2 aliphatic rings. The number of nitrogens with zero attached hydrogens (tertiary/aromatic N) is 1. The van der Waals surface area contributed by atoms with Crippen LogP contribution in [0.25, 0.3) is 0 Å². The molecule has 2 heterocycles. The minimum absolute atomic E-state index is 0.137. The number of hydrogen-bond donors (Lipinski definition) is 0. The Morgan fingerprint density at radius 1 is 1.08 bits per heavy atom. The van der Waals surface area contributed by atoms with E-state index in [1.54, 1.807) is 0 Å². The fraction of sp³-hybridized carbons (Fsp3) is 0.350. The zero-order valence-electron chi connectivity index (χ0n) is 14.0. The van der Waals surface area contributed by atoms with Crippen LogP contribution in [0.3, 0.4) is 0 Å². The second-order valence-electron chi connectivity index (χ2n) is 6.41. The van der Waals surface area contributed by atoms with Crippen LogP contribution >= 0.6 is 0 Å². The van der Waals surface area contributed by atoms with Crippen LogP contribution in [0, 0.1) is 0 Å². The summed E-state index contributed by atoms with van der Waals surface area (Å²) in [5.74, 6) is 1.42. The van der Waals surface area contributed by atoms with Crippen molar-refractivity contribution in [2.75, 3.05) is 13.3 Å². The number of carbonyl (C=O) groups is 1. The molecular formula is C20H21NO4. The molecule has 25 heavy (non-hydrogen) atoms. The number of benzene rings is 2. The van der Waals surface area contributed by atoms with Crippen molar-refractivity contribution in [1.82, 2.24) is 4.90 Å². The molecule has 2 aliphatic heterocycles. The van der Waals surface area contributed by atoms with Gasteiger partial charge in [-0.1, -0.05) is 36.4 Å². The molecule has 2 aromatic carbocycles. The van der Waals surface area contributed by atoms with E-state index in [2.05, 4.69) is 4.90 Å². The smallest absolute Gasteiger partial charge is 0.323 e. The molecule has 4 rings (SSSR count). The lowest BCUT2D eigenvalue weighted by molar-refractivity contribution is -0.150. The average molecular weight is 339 g/mol. The van der Waals surface area contributed by atoms with Gasteiger partial charge >= 0.3 is 5.97 Å². The molecule has 0 N–H and O–H groups in total. The summed E-state index contributed by atoms with van der Waals surface area (Å²) < 4.78 is 16.3. The summed E-state index contributed by atoms with van der Waals surface area (Å²) in [6.07, 6.45) is 1.85. The topological polar surface area (TPSA) is 48.0 Å². The zero-order valence-corrected chi connectivity index (χ0v) is 14.0. The lowest BCUT2D eigenvalue weighted by Crippen LogP contribution is -2.36. The molecule has 0 aromatic heterocycles. The summed E-state index contributed by atoms with van der Waals surface area (Å²) in [6.45, 7) is 2.21. The van der Waals surface area contributed by atoms with Gasteiger partial charge in [0.2, 0.25) is 6.79 Å². The van der Waals surface area contributed by atoms with Crippen molar-refractivity contribution in [3.63, 3.8) is 0 Å². The van der Waals surface area contributed by atoms with Crippen LogP contribution in [0.5, 0.6) is 11.5 Å². The Morgan fingerprint density at radius 3 is 2.80 bits per heavy atom. The third-order valence-corrected chi connectivity index (χ3v) is 4.68. The van der Waals surface area contributed by atoms with Gasteiger partial charge in [-0.05, 0) is 42.6 Å². The maximum Gasteiger partial charge on any atom is 0.323 e. The Balaban J connectivity index is 1.37. The van der Waals surface area contributed by atoms with E-state index in [9.17, 15) is 4.79 Å². The van der Waals surface area contributed by atoms with Crippen molar-refractivity contribution in [3.8, 4) is 11.5 Å². The first-order valence-electron chi connectivity index (χ1n) is 8.63. The summed E-state index contributed by atoms with van der Waals surface area (Å²) in [5, 5.41) is 0. The Morgan fingerprint density at radius 2 is 1.92 bits per heavy atom. The number of likely N-dealkylation sites (tertiary alicyclic amines) is 1. The first kappa shape index (κ1) is 16.0. The van der Waals surface area contributed by atoms with Crippen molar-refractivity contribution >= 4 is 5.97 Å². The maximum atomic E-state index is 12.5. The monoisotopic (exact) mass is 339 g/mol. The summed E-state index contributed by atoms with van der Waals surface area (Å²) in [6, 6.07) is 15.6. The highest BCUT2D eigenvalue weighted by Gasteiger charge is 2.32. The second-order valence-corrected chi connectivity index (χ2v) is 6.41. The van der Waals surface area contributed by atoms with E-state index in [4.69, 9.17) is 14.2 Å². The number of esters is 1. The molecule has 0 aliphatic carbocycles. The average Bonchev–Trinajstić information content (AvgIpc) is 3.29. The van der Waals surface area contributed by atoms with E-state index in [1.165, 1.54) is 0 Å². The van der Waals surface area contributed by atoms with Crippen molar-refractivity contribution in [2.45, 2.75) is 32.0 Å². The number of rotatable bonds is 5. The quantitative estimate of drug-likeness (QED) is 0.783. The van der Waals surface area contributed by atoms with Gasteiger partial charge in [0, 0.05) is 6.54 Å². The van der Waals surface area contributed by atoms with Crippen LogP contribution in [-0.4, -0.2) is 30.2 Å². The molecule has 1 saturated heterocycles.